The minimum absolute atomic E-state index is 0.206. The topological polar surface area (TPSA) is 113 Å². The number of aromatic nitrogens is 2. The first-order chi connectivity index (χ1) is 16.6. The van der Waals surface area contributed by atoms with Crippen molar-refractivity contribution in [3.05, 3.63) is 40.9 Å². The van der Waals surface area contributed by atoms with Gasteiger partial charge >= 0.3 is 0 Å². The fraction of sp³-hybridized carbons (Fsp3) is 0.417. The third kappa shape index (κ3) is 3.68. The Labute approximate surface area is 200 Å². The van der Waals surface area contributed by atoms with Gasteiger partial charge in [-0.15, -0.1) is 0 Å². The maximum Gasteiger partial charge on any atom is 0.212 e. The minimum atomic E-state index is -0.672. The molecular weight excluding hydrogens is 460 g/mol. The zero-order valence-corrected chi connectivity index (χ0v) is 19.0. The van der Waals surface area contributed by atoms with Gasteiger partial charge in [0, 0.05) is 24.3 Å². The number of H-pyrrole nitrogens is 1. The number of aliphatic hydroxyl groups excluding tert-OH is 1. The van der Waals surface area contributed by atoms with E-state index in [9.17, 15) is 10.4 Å². The van der Waals surface area contributed by atoms with Gasteiger partial charge in [0.1, 0.15) is 35.5 Å². The summed E-state index contributed by atoms with van der Waals surface area (Å²) in [4.78, 5) is 10.1. The fourth-order valence-electron chi connectivity index (χ4n) is 4.81. The van der Waals surface area contributed by atoms with E-state index in [1.165, 1.54) is 0 Å². The van der Waals surface area contributed by atoms with Crippen LogP contribution in [-0.2, 0) is 14.2 Å². The van der Waals surface area contributed by atoms with Crippen molar-refractivity contribution in [2.45, 2.75) is 24.4 Å². The van der Waals surface area contributed by atoms with Crippen LogP contribution in [0.2, 0.25) is 5.02 Å². The highest BCUT2D eigenvalue weighted by Gasteiger charge is 2.48. The molecule has 9 nitrogen and oxygen atoms in total. The molecule has 2 aromatic heterocycles. The molecule has 0 unspecified atom stereocenters. The molecule has 0 radical (unpaired) electrons. The monoisotopic (exact) mass is 482 g/mol. The zero-order chi connectivity index (χ0) is 23.2. The van der Waals surface area contributed by atoms with Gasteiger partial charge in [-0.1, -0.05) is 23.7 Å². The lowest BCUT2D eigenvalue weighted by Gasteiger charge is -2.28. The van der Waals surface area contributed by atoms with Crippen LogP contribution in [0, 0.1) is 11.3 Å². The summed E-state index contributed by atoms with van der Waals surface area (Å²) in [5.74, 6) is 0.292. The van der Waals surface area contributed by atoms with E-state index in [0.29, 0.717) is 33.2 Å². The standard InChI is InChI=1S/C24H23ClN4O5/c25-16-9-17-21(28-20(16)13-1-3-14(4-2-13)29-5-7-31-8-6-29)15(10-26)24(27-17)34-19-12-33-22-18(30)11-32-23(19)22/h1-4,9,18-19,22-23,27,30H,5-8,11-12H2/t18-,19-,22-,23-/m1/s1. The number of nitrogens with one attached hydrogen (secondary N) is 1. The molecule has 0 saturated carbocycles. The number of benzene rings is 1. The lowest BCUT2D eigenvalue weighted by Crippen LogP contribution is -2.36. The predicted octanol–water partition coefficient (Wildman–Crippen LogP) is 2.50. The number of fused-ring (bicyclic) bond motifs is 2. The Morgan fingerprint density at radius 2 is 1.91 bits per heavy atom. The lowest BCUT2D eigenvalue weighted by atomic mass is 10.1. The highest BCUT2D eigenvalue weighted by atomic mass is 35.5. The molecule has 0 bridgehead atoms. The number of morpholine rings is 1. The van der Waals surface area contributed by atoms with Gasteiger partial charge in [-0.05, 0) is 18.2 Å². The van der Waals surface area contributed by atoms with Gasteiger partial charge in [0.05, 0.1) is 42.7 Å². The largest absolute Gasteiger partial charge is 0.469 e. The first-order valence-corrected chi connectivity index (χ1v) is 11.6. The highest BCUT2D eigenvalue weighted by Crippen LogP contribution is 2.36. The van der Waals surface area contributed by atoms with E-state index < -0.39 is 18.3 Å². The Kier molecular flexibility index (Phi) is 5.56. The number of aliphatic hydroxyl groups is 1. The summed E-state index contributed by atoms with van der Waals surface area (Å²) in [6, 6.07) is 12.0. The SMILES string of the molecule is N#Cc1c(O[C@@H]2CO[C@H]3[C@@H]2OC[C@H]3O)[nH]c2cc(Cl)c(-c3ccc(N4CCOCC4)cc3)nc12. The van der Waals surface area contributed by atoms with Crippen molar-refractivity contribution in [3.8, 4) is 23.2 Å². The number of nitrogens with zero attached hydrogens (tertiary/aromatic N) is 3. The second-order valence-electron chi connectivity index (χ2n) is 8.62. The number of rotatable bonds is 4. The lowest BCUT2D eigenvalue weighted by molar-refractivity contribution is 0.00789. The van der Waals surface area contributed by atoms with Gasteiger partial charge in [-0.2, -0.15) is 5.26 Å². The van der Waals surface area contributed by atoms with Crippen LogP contribution in [0.25, 0.3) is 22.3 Å². The van der Waals surface area contributed by atoms with Crippen LogP contribution in [0.3, 0.4) is 0 Å². The number of hydrogen-bond acceptors (Lipinski definition) is 8. The molecule has 3 saturated heterocycles. The van der Waals surface area contributed by atoms with Gasteiger partial charge in [0.2, 0.25) is 5.88 Å². The van der Waals surface area contributed by atoms with Gasteiger partial charge < -0.3 is 33.9 Å². The maximum atomic E-state index is 9.96. The number of aromatic amines is 1. The third-order valence-corrected chi connectivity index (χ3v) is 6.86. The van der Waals surface area contributed by atoms with Crippen LogP contribution in [-0.4, -0.2) is 79.0 Å². The number of pyridine rings is 1. The number of ether oxygens (including phenoxy) is 4. The molecule has 3 fully saturated rings. The van der Waals surface area contributed by atoms with E-state index in [4.69, 9.17) is 35.5 Å². The van der Waals surface area contributed by atoms with Crippen molar-refractivity contribution in [2.24, 2.45) is 0 Å². The molecule has 3 aliphatic rings. The summed E-state index contributed by atoms with van der Waals surface area (Å²) in [5.41, 5.74) is 3.95. The van der Waals surface area contributed by atoms with Gasteiger partial charge in [-0.3, -0.25) is 0 Å². The van der Waals surface area contributed by atoms with Crippen LogP contribution in [0.4, 0.5) is 5.69 Å². The average molecular weight is 483 g/mol. The van der Waals surface area contributed by atoms with Crippen LogP contribution in [0.1, 0.15) is 5.56 Å². The van der Waals surface area contributed by atoms with Crippen LogP contribution in [0.5, 0.6) is 5.88 Å². The predicted molar refractivity (Wildman–Crippen MR) is 124 cm³/mol. The molecule has 3 aromatic rings. The van der Waals surface area contributed by atoms with Crippen LogP contribution < -0.4 is 9.64 Å². The van der Waals surface area contributed by atoms with Gasteiger partial charge in [-0.25, -0.2) is 4.98 Å². The van der Waals surface area contributed by atoms with Crippen LogP contribution in [0.15, 0.2) is 30.3 Å². The Bertz CT molecular complexity index is 1250. The molecule has 3 aliphatic heterocycles. The molecule has 176 valence electrons. The number of halogens is 1. The highest BCUT2D eigenvalue weighted by molar-refractivity contribution is 6.33. The van der Waals surface area contributed by atoms with Gasteiger partial charge in [0.15, 0.2) is 6.10 Å². The van der Waals surface area contributed by atoms with Crippen molar-refractivity contribution < 1.29 is 24.1 Å². The number of nitriles is 1. The molecule has 0 spiro atoms. The molecule has 10 heteroatoms. The first-order valence-electron chi connectivity index (χ1n) is 11.3. The summed E-state index contributed by atoms with van der Waals surface area (Å²) < 4.78 is 22.8. The Hall–Kier alpha value is -2.87. The summed E-state index contributed by atoms with van der Waals surface area (Å²) >= 11 is 6.59. The van der Waals surface area contributed by atoms with Gasteiger partial charge in [0.25, 0.3) is 0 Å². The average Bonchev–Trinajstić information content (AvgIpc) is 3.54. The Morgan fingerprint density at radius 1 is 1.15 bits per heavy atom. The van der Waals surface area contributed by atoms with Crippen molar-refractivity contribution in [3.63, 3.8) is 0 Å². The molecule has 4 atom stereocenters. The van der Waals surface area contributed by atoms with E-state index >= 15 is 0 Å². The summed E-state index contributed by atoms with van der Waals surface area (Å²) in [7, 11) is 0. The van der Waals surface area contributed by atoms with Crippen molar-refractivity contribution >= 4 is 28.3 Å². The molecule has 0 amide bonds. The second-order valence-corrected chi connectivity index (χ2v) is 9.03. The number of anilines is 1. The number of hydrogen-bond donors (Lipinski definition) is 2. The van der Waals surface area contributed by atoms with Crippen LogP contribution >= 0.6 is 11.6 Å². The van der Waals surface area contributed by atoms with Crippen molar-refractivity contribution in [1.82, 2.24) is 9.97 Å². The maximum absolute atomic E-state index is 9.96. The Balaban J connectivity index is 1.30. The smallest absolute Gasteiger partial charge is 0.212 e. The van der Waals surface area contributed by atoms with E-state index in [0.717, 1.165) is 37.6 Å². The van der Waals surface area contributed by atoms with E-state index in [1.54, 1.807) is 6.07 Å². The van der Waals surface area contributed by atoms with E-state index in [1.807, 2.05) is 24.3 Å². The Morgan fingerprint density at radius 3 is 2.68 bits per heavy atom. The quantitative estimate of drug-likeness (QED) is 0.583. The summed E-state index contributed by atoms with van der Waals surface area (Å²) in [6.45, 7) is 3.64. The molecule has 1 aromatic carbocycles. The van der Waals surface area contributed by atoms with E-state index in [-0.39, 0.29) is 19.3 Å². The molecule has 0 aliphatic carbocycles. The first kappa shape index (κ1) is 21.6. The normalized spacial score (nSPS) is 26.6. The van der Waals surface area contributed by atoms with Crippen molar-refractivity contribution in [1.29, 1.82) is 5.26 Å². The zero-order valence-electron chi connectivity index (χ0n) is 18.2. The molecule has 34 heavy (non-hydrogen) atoms. The summed E-state index contributed by atoms with van der Waals surface area (Å²) in [6.07, 6.45) is -1.91. The summed E-state index contributed by atoms with van der Waals surface area (Å²) in [5, 5.41) is 20.3. The third-order valence-electron chi connectivity index (χ3n) is 6.57. The fourth-order valence-corrected chi connectivity index (χ4v) is 5.07. The second kappa shape index (κ2) is 8.73. The minimum Gasteiger partial charge on any atom is -0.469 e. The van der Waals surface area contributed by atoms with E-state index in [2.05, 4.69) is 16.0 Å². The molecule has 2 N–H and O–H groups in total. The molecular formula is C24H23ClN4O5. The van der Waals surface area contributed by atoms with Crippen molar-refractivity contribution in [2.75, 3.05) is 44.4 Å². The molecule has 5 heterocycles. The molecule has 6 rings (SSSR count).